The molecule has 0 saturated heterocycles. The summed E-state index contributed by atoms with van der Waals surface area (Å²) >= 11 is 0. The van der Waals surface area contributed by atoms with Crippen molar-refractivity contribution in [1.29, 1.82) is 0 Å². The van der Waals surface area contributed by atoms with Gasteiger partial charge in [-0.15, -0.1) is 4.68 Å². The van der Waals surface area contributed by atoms with Crippen molar-refractivity contribution in [3.8, 4) is 11.4 Å². The van der Waals surface area contributed by atoms with Crippen LogP contribution < -0.4 is 9.42 Å². The van der Waals surface area contributed by atoms with Gasteiger partial charge in [0.15, 0.2) is 11.4 Å². The van der Waals surface area contributed by atoms with E-state index in [-0.39, 0.29) is 0 Å². The van der Waals surface area contributed by atoms with Crippen LogP contribution in [-0.2, 0) is 17.6 Å². The Kier molecular flexibility index (Phi) is 8.03. The summed E-state index contributed by atoms with van der Waals surface area (Å²) in [7, 11) is 25.0. The van der Waals surface area contributed by atoms with Crippen molar-refractivity contribution in [3.05, 3.63) is 71.8 Å². The Hall–Kier alpha value is -0.592. The number of fused-ring (bicyclic) bond motifs is 3. The molecule has 1 aromatic heterocycles. The average Bonchev–Trinajstić information content (AvgIpc) is 2.95. The summed E-state index contributed by atoms with van der Waals surface area (Å²) in [6, 6.07) is 17.6. The third kappa shape index (κ3) is 8.85. The molecule has 0 spiro atoms. The number of para-hydroxylation sites is 2. The fraction of sp³-hybridized carbons (Fsp3) is 0.250. The Morgan fingerprint density at radius 3 is 2.30 bits per heavy atom. The van der Waals surface area contributed by atoms with E-state index in [1.807, 2.05) is 59.3 Å². The first-order valence-electron chi connectivity index (χ1n) is 9.75. The summed E-state index contributed by atoms with van der Waals surface area (Å²) in [5.74, 6) is 2.17. The Morgan fingerprint density at radius 1 is 1.06 bits per heavy atom. The topological polar surface area (TPSA) is 57.2 Å². The van der Waals surface area contributed by atoms with Gasteiger partial charge in [-0.05, 0) is 29.6 Å². The molecule has 4 rings (SSSR count). The summed E-state index contributed by atoms with van der Waals surface area (Å²) < 4.78 is 14.5. The number of carbonyl (C=O) groups excluding carboxylic acids is 1. The van der Waals surface area contributed by atoms with Crippen molar-refractivity contribution in [2.24, 2.45) is 0 Å². The molecule has 0 aliphatic carbocycles. The summed E-state index contributed by atoms with van der Waals surface area (Å²) in [6.07, 6.45) is 0.722. The van der Waals surface area contributed by atoms with Gasteiger partial charge >= 0.3 is 74.0 Å². The molecule has 13 heteroatoms. The maximum atomic E-state index is 12.7. The number of rotatable bonds is 3. The van der Waals surface area contributed by atoms with Crippen molar-refractivity contribution in [3.63, 3.8) is 0 Å². The van der Waals surface area contributed by atoms with Crippen molar-refractivity contribution in [1.82, 2.24) is 9.67 Å². The van der Waals surface area contributed by atoms with Crippen LogP contribution in [0.25, 0.3) is 5.69 Å². The van der Waals surface area contributed by atoms with Gasteiger partial charge in [0.25, 0.3) is 5.82 Å². The van der Waals surface area contributed by atoms with E-state index in [0.717, 1.165) is 22.8 Å². The summed E-state index contributed by atoms with van der Waals surface area (Å²) in [4.78, 5) is 17.5. The number of aromatic nitrogens is 3. The first-order valence-corrected chi connectivity index (χ1v) is 29.1. The van der Waals surface area contributed by atoms with Crippen LogP contribution in [0.2, 0.25) is 0 Å². The standard InChI is InChI=1S/C20H20N3O3.6ClH.Sb/c1-2-25-20(24)23-19(14-15-8-4-3-5-9-15)21-18-12-13-26-17-11-7-6-10-16(17)22(18)23;;;;;;;/h3-11H,2,12-14H2,1H3;6*1H;/q+1;;;;;;;+5/p-6. The summed E-state index contributed by atoms with van der Waals surface area (Å²) in [5, 5.41) is 0. The van der Waals surface area contributed by atoms with Crippen LogP contribution in [0.4, 0.5) is 4.79 Å². The van der Waals surface area contributed by atoms with E-state index in [2.05, 4.69) is 0 Å². The molecule has 0 amide bonds. The molecule has 2 heterocycles. The zero-order valence-corrected chi connectivity index (χ0v) is 24.4. The second-order valence-corrected chi connectivity index (χ2v) is 63.9. The molecule has 1 aliphatic heterocycles. The van der Waals surface area contributed by atoms with Crippen molar-refractivity contribution < 1.29 is 19.0 Å². The van der Waals surface area contributed by atoms with Gasteiger partial charge in [-0.2, -0.15) is 0 Å². The maximum absolute atomic E-state index is 12.7. The van der Waals surface area contributed by atoms with E-state index in [9.17, 15) is 4.79 Å². The number of hydrogen-bond donors (Lipinski definition) is 0. The van der Waals surface area contributed by atoms with Gasteiger partial charge in [0.2, 0.25) is 0 Å². The van der Waals surface area contributed by atoms with Gasteiger partial charge in [-0.1, -0.05) is 47.1 Å². The molecule has 6 nitrogen and oxygen atoms in total. The molecule has 0 unspecified atom stereocenters. The van der Waals surface area contributed by atoms with Gasteiger partial charge in [-0.25, -0.2) is 4.79 Å². The normalized spacial score (nSPS) is 14.8. The Morgan fingerprint density at radius 2 is 1.67 bits per heavy atom. The number of nitrogens with zero attached hydrogens (tertiary/aromatic N) is 3. The minimum absolute atomic E-state index is 0.301. The molecule has 0 fully saturated rings. The van der Waals surface area contributed by atoms with Gasteiger partial charge in [0.1, 0.15) is 6.61 Å². The third-order valence-electron chi connectivity index (χ3n) is 4.27. The molecule has 0 atom stereocenters. The van der Waals surface area contributed by atoms with Gasteiger partial charge < -0.3 is 9.47 Å². The van der Waals surface area contributed by atoms with E-state index in [4.69, 9.17) is 67.4 Å². The van der Waals surface area contributed by atoms with Crippen LogP contribution in [-0.4, -0.2) is 38.1 Å². The van der Waals surface area contributed by atoms with Crippen LogP contribution in [0.5, 0.6) is 5.75 Å². The summed E-state index contributed by atoms with van der Waals surface area (Å²) in [6.45, 7) is 2.61. The Bertz CT molecular complexity index is 1140. The first-order chi connectivity index (χ1) is 15.2. The van der Waals surface area contributed by atoms with Gasteiger partial charge in [0, 0.05) is 0 Å². The molecule has 180 valence electrons. The fourth-order valence-corrected chi connectivity index (χ4v) is 3.15. The van der Waals surface area contributed by atoms with Gasteiger partial charge in [-0.3, -0.25) is 0 Å². The summed E-state index contributed by atoms with van der Waals surface area (Å²) in [5.41, 5.74) is 1.88. The Balaban J connectivity index is 0.000000383. The predicted octanol–water partition coefficient (Wildman–Crippen LogP) is 6.45. The average molecular weight is 685 g/mol. The van der Waals surface area contributed by atoms with Crippen molar-refractivity contribution >= 4 is 68.2 Å². The van der Waals surface area contributed by atoms with E-state index >= 15 is 0 Å². The molecule has 0 saturated carbocycles. The van der Waals surface area contributed by atoms with Gasteiger partial charge in [0.05, 0.1) is 19.4 Å². The molecule has 0 N–H and O–H groups in total. The molecule has 3 aromatic rings. The van der Waals surface area contributed by atoms with Crippen molar-refractivity contribution in [2.75, 3.05) is 13.2 Å². The van der Waals surface area contributed by atoms with E-state index in [1.54, 1.807) is 6.92 Å². The van der Waals surface area contributed by atoms with Crippen LogP contribution in [0, 0.1) is 0 Å². The molecule has 33 heavy (non-hydrogen) atoms. The van der Waals surface area contributed by atoms with Crippen molar-refractivity contribution in [2.45, 2.75) is 19.8 Å². The monoisotopic (exact) mass is 681 g/mol. The second-order valence-electron chi connectivity index (χ2n) is 6.95. The number of hydrogen-bond acceptors (Lipinski definition) is 4. The SMILES string of the molecule is CCOC(=O)n1c(Cc2ccccc2)nc2[n+]1-c1ccccc1OCC2.[Cl][Sb-]([Cl])([Cl])([Cl])([Cl])[Cl]. The quantitative estimate of drug-likeness (QED) is 0.235. The van der Waals surface area contributed by atoms with E-state index < -0.39 is 15.2 Å². The number of halogens is 6. The molecule has 0 radical (unpaired) electrons. The third-order valence-corrected chi connectivity index (χ3v) is 4.27. The van der Waals surface area contributed by atoms with Crippen LogP contribution >= 0.6 is 53.0 Å². The molecular formula is C20H20Cl6N3O3Sb. The number of ether oxygens (including phenoxy) is 2. The molecular weight excluding hydrogens is 665 g/mol. The van der Waals surface area contributed by atoms with Crippen LogP contribution in [0.15, 0.2) is 54.6 Å². The predicted molar refractivity (Wildman–Crippen MR) is 135 cm³/mol. The van der Waals surface area contributed by atoms with Crippen LogP contribution in [0.3, 0.4) is 0 Å². The first kappa shape index (κ1) is 27.0. The van der Waals surface area contributed by atoms with E-state index in [0.29, 0.717) is 31.9 Å². The molecule has 0 bridgehead atoms. The van der Waals surface area contributed by atoms with Crippen LogP contribution in [0.1, 0.15) is 24.1 Å². The minimum atomic E-state index is -5.42. The number of carbonyl (C=O) groups is 1. The zero-order chi connectivity index (χ0) is 24.3. The Labute approximate surface area is 211 Å². The fourth-order valence-electron chi connectivity index (χ4n) is 3.15. The zero-order valence-electron chi connectivity index (χ0n) is 17.3. The molecule has 1 aliphatic rings. The molecule has 2 aromatic carbocycles. The van der Waals surface area contributed by atoms with E-state index in [1.165, 1.54) is 4.68 Å². The second kappa shape index (κ2) is 9.81. The number of benzene rings is 2.